The number of para-hydroxylation sites is 2. The number of hydrogen-bond donors (Lipinski definition) is 0. The zero-order chi connectivity index (χ0) is 21.1. The van der Waals surface area contributed by atoms with Crippen LogP contribution in [0.2, 0.25) is 0 Å². The van der Waals surface area contributed by atoms with Gasteiger partial charge in [0, 0.05) is 54.4 Å². The van der Waals surface area contributed by atoms with Crippen molar-refractivity contribution in [1.29, 1.82) is 0 Å². The van der Waals surface area contributed by atoms with E-state index in [4.69, 9.17) is 4.74 Å². The minimum atomic E-state index is 0.915. The van der Waals surface area contributed by atoms with E-state index >= 15 is 0 Å². The molecule has 4 aromatic rings. The summed E-state index contributed by atoms with van der Waals surface area (Å²) in [6.07, 6.45) is 3.10. The van der Waals surface area contributed by atoms with Crippen molar-refractivity contribution in [2.24, 2.45) is 0 Å². The summed E-state index contributed by atoms with van der Waals surface area (Å²) in [7, 11) is 0. The molecule has 3 aliphatic rings. The molecule has 0 amide bonds. The van der Waals surface area contributed by atoms with Gasteiger partial charge in [-0.15, -0.1) is 0 Å². The second-order valence-electron chi connectivity index (χ2n) is 8.92. The highest BCUT2D eigenvalue weighted by molar-refractivity contribution is 5.74. The molecule has 0 radical (unpaired) electrons. The van der Waals surface area contributed by atoms with Gasteiger partial charge < -0.3 is 14.5 Å². The van der Waals surface area contributed by atoms with E-state index in [1.807, 2.05) is 0 Å². The number of ether oxygens (including phenoxy) is 1. The van der Waals surface area contributed by atoms with E-state index < -0.39 is 0 Å². The highest BCUT2D eigenvalue weighted by Gasteiger charge is 2.25. The molecule has 0 saturated heterocycles. The molecule has 4 aromatic carbocycles. The molecule has 3 heteroatoms. The molecule has 3 nitrogen and oxygen atoms in total. The maximum Gasteiger partial charge on any atom is 0.133 e. The van der Waals surface area contributed by atoms with Crippen LogP contribution in [0.4, 0.5) is 22.7 Å². The molecule has 0 saturated carbocycles. The third-order valence-corrected chi connectivity index (χ3v) is 7.10. The van der Waals surface area contributed by atoms with Crippen LogP contribution < -0.4 is 14.5 Å². The third kappa shape index (κ3) is 2.74. The lowest BCUT2D eigenvalue weighted by atomic mass is 9.99. The largest absolute Gasteiger partial charge is 0.457 e. The summed E-state index contributed by atoms with van der Waals surface area (Å²) in [6, 6.07) is 30.8. The van der Waals surface area contributed by atoms with Crippen LogP contribution in [0.1, 0.15) is 22.3 Å². The second kappa shape index (κ2) is 6.89. The fourth-order valence-electron chi connectivity index (χ4n) is 5.44. The van der Waals surface area contributed by atoms with E-state index in [0.29, 0.717) is 0 Å². The Morgan fingerprint density at radius 2 is 1.03 bits per heavy atom. The van der Waals surface area contributed by atoms with Crippen LogP contribution in [0, 0.1) is 0 Å². The van der Waals surface area contributed by atoms with Gasteiger partial charge in [-0.1, -0.05) is 48.5 Å². The minimum Gasteiger partial charge on any atom is -0.457 e. The van der Waals surface area contributed by atoms with Crippen molar-refractivity contribution >= 4 is 22.7 Å². The van der Waals surface area contributed by atoms with Gasteiger partial charge in [0.05, 0.1) is 0 Å². The summed E-state index contributed by atoms with van der Waals surface area (Å²) in [5.74, 6) is 1.97. The molecule has 32 heavy (non-hydrogen) atoms. The quantitative estimate of drug-likeness (QED) is 0.316. The van der Waals surface area contributed by atoms with Crippen molar-refractivity contribution < 1.29 is 4.74 Å². The van der Waals surface area contributed by atoms with Gasteiger partial charge in [0.25, 0.3) is 0 Å². The van der Waals surface area contributed by atoms with Crippen LogP contribution in [-0.2, 0) is 19.3 Å². The summed E-state index contributed by atoms with van der Waals surface area (Å²) >= 11 is 0. The van der Waals surface area contributed by atoms with E-state index in [9.17, 15) is 0 Å². The minimum absolute atomic E-state index is 0.915. The Bertz CT molecular complexity index is 1260. The SMILES string of the molecule is c1ccc2c(c1)CCN2c1ccc2c(c1)Oc1cc(N3CCc4ccccc43)ccc1C2. The first-order chi connectivity index (χ1) is 15.8. The maximum absolute atomic E-state index is 6.50. The topological polar surface area (TPSA) is 15.7 Å². The van der Waals surface area contributed by atoms with Gasteiger partial charge in [0.1, 0.15) is 11.5 Å². The number of fused-ring (bicyclic) bond motifs is 4. The van der Waals surface area contributed by atoms with Gasteiger partial charge in [-0.05, 0) is 59.4 Å². The molecule has 0 N–H and O–H groups in total. The Kier molecular flexibility index (Phi) is 3.86. The zero-order valence-corrected chi connectivity index (χ0v) is 17.9. The first-order valence-electron chi connectivity index (χ1n) is 11.5. The van der Waals surface area contributed by atoms with Crippen LogP contribution in [0.15, 0.2) is 84.9 Å². The number of benzene rings is 4. The Morgan fingerprint density at radius 1 is 0.531 bits per heavy atom. The summed E-state index contributed by atoms with van der Waals surface area (Å²) in [5, 5.41) is 0. The summed E-state index contributed by atoms with van der Waals surface area (Å²) < 4.78 is 6.50. The Hall–Kier alpha value is -3.72. The Morgan fingerprint density at radius 3 is 1.56 bits per heavy atom. The fourth-order valence-corrected chi connectivity index (χ4v) is 5.44. The lowest BCUT2D eigenvalue weighted by Crippen LogP contribution is -2.15. The first kappa shape index (κ1) is 17.9. The van der Waals surface area contributed by atoms with Crippen molar-refractivity contribution in [2.75, 3.05) is 22.9 Å². The van der Waals surface area contributed by atoms with Gasteiger partial charge in [-0.2, -0.15) is 0 Å². The molecular weight excluding hydrogens is 392 g/mol. The molecule has 0 spiro atoms. The molecule has 0 bridgehead atoms. The van der Waals surface area contributed by atoms with E-state index in [0.717, 1.165) is 43.9 Å². The predicted octanol–water partition coefficient (Wildman–Crippen LogP) is 6.77. The molecule has 0 unspecified atom stereocenters. The molecule has 156 valence electrons. The van der Waals surface area contributed by atoms with Crippen molar-refractivity contribution in [3.05, 3.63) is 107 Å². The van der Waals surface area contributed by atoms with Crippen LogP contribution in [0.5, 0.6) is 11.5 Å². The van der Waals surface area contributed by atoms with Crippen LogP contribution in [-0.4, -0.2) is 13.1 Å². The van der Waals surface area contributed by atoms with E-state index in [2.05, 4.69) is 94.7 Å². The summed E-state index contributed by atoms with van der Waals surface area (Å²) in [4.78, 5) is 4.82. The lowest BCUT2D eigenvalue weighted by Gasteiger charge is -2.26. The molecule has 0 aliphatic carbocycles. The molecule has 3 aliphatic heterocycles. The van der Waals surface area contributed by atoms with Crippen molar-refractivity contribution in [3.8, 4) is 11.5 Å². The van der Waals surface area contributed by atoms with Crippen molar-refractivity contribution in [3.63, 3.8) is 0 Å². The van der Waals surface area contributed by atoms with E-state index in [1.165, 1.54) is 45.0 Å². The van der Waals surface area contributed by atoms with Crippen LogP contribution in [0.3, 0.4) is 0 Å². The van der Waals surface area contributed by atoms with Gasteiger partial charge in [0.2, 0.25) is 0 Å². The fraction of sp³-hybridized carbons (Fsp3) is 0.172. The van der Waals surface area contributed by atoms with Crippen molar-refractivity contribution in [2.45, 2.75) is 19.3 Å². The number of nitrogens with zero attached hydrogens (tertiary/aromatic N) is 2. The Labute approximate surface area is 188 Å². The average molecular weight is 417 g/mol. The van der Waals surface area contributed by atoms with E-state index in [1.54, 1.807) is 0 Å². The second-order valence-corrected chi connectivity index (χ2v) is 8.92. The number of hydrogen-bond acceptors (Lipinski definition) is 3. The summed E-state index contributed by atoms with van der Waals surface area (Å²) in [6.45, 7) is 2.04. The van der Waals surface area contributed by atoms with E-state index in [-0.39, 0.29) is 0 Å². The number of rotatable bonds is 2. The van der Waals surface area contributed by atoms with Crippen LogP contribution in [0.25, 0.3) is 0 Å². The molecular formula is C29H24N2O. The summed E-state index contributed by atoms with van der Waals surface area (Å²) in [5.41, 5.74) is 10.4. The molecule has 7 rings (SSSR count). The molecule has 0 atom stereocenters. The van der Waals surface area contributed by atoms with Gasteiger partial charge in [-0.3, -0.25) is 0 Å². The molecule has 0 fully saturated rings. The monoisotopic (exact) mass is 416 g/mol. The zero-order valence-electron chi connectivity index (χ0n) is 17.9. The Balaban J connectivity index is 1.21. The van der Waals surface area contributed by atoms with Crippen LogP contribution >= 0.6 is 0 Å². The van der Waals surface area contributed by atoms with Gasteiger partial charge in [0.15, 0.2) is 0 Å². The normalized spacial score (nSPS) is 15.6. The lowest BCUT2D eigenvalue weighted by molar-refractivity contribution is 0.460. The average Bonchev–Trinajstić information content (AvgIpc) is 3.47. The third-order valence-electron chi connectivity index (χ3n) is 7.10. The smallest absolute Gasteiger partial charge is 0.133 e. The first-order valence-corrected chi connectivity index (χ1v) is 11.5. The maximum atomic E-state index is 6.50. The van der Waals surface area contributed by atoms with Crippen molar-refractivity contribution in [1.82, 2.24) is 0 Å². The molecule has 0 aromatic heterocycles. The van der Waals surface area contributed by atoms with Gasteiger partial charge in [-0.25, -0.2) is 0 Å². The van der Waals surface area contributed by atoms with Gasteiger partial charge >= 0.3 is 0 Å². The highest BCUT2D eigenvalue weighted by Crippen LogP contribution is 2.44. The molecule has 3 heterocycles. The predicted molar refractivity (Wildman–Crippen MR) is 130 cm³/mol. The number of anilines is 4. The standard InChI is InChI=1S/C29H24N2O/c1-3-7-26-20(5-1)13-15-30(26)24-11-9-22-17-23-10-12-25(19-29(23)32-28(22)18-24)31-16-14-21-6-2-4-8-27(21)31/h1-12,18-19H,13-17H2. The highest BCUT2D eigenvalue weighted by atomic mass is 16.5.